The minimum Gasteiger partial charge on any atom is -0.459 e. The maximum absolute atomic E-state index is 14.8. The fourth-order valence-corrected chi connectivity index (χ4v) is 3.43. The van der Waals surface area contributed by atoms with Crippen molar-refractivity contribution in [1.29, 1.82) is 0 Å². The van der Waals surface area contributed by atoms with Crippen LogP contribution in [-0.4, -0.2) is 29.1 Å². The summed E-state index contributed by atoms with van der Waals surface area (Å²) in [6.07, 6.45) is 7.19. The number of pyridine rings is 1. The van der Waals surface area contributed by atoms with Crippen molar-refractivity contribution in [1.82, 2.24) is 4.98 Å². The number of aromatic nitrogens is 1. The van der Waals surface area contributed by atoms with Crippen LogP contribution in [0.15, 0.2) is 53.3 Å². The lowest BCUT2D eigenvalue weighted by Crippen LogP contribution is -2.54. The van der Waals surface area contributed by atoms with E-state index in [9.17, 15) is 8.78 Å². The number of nitrogens with zero attached hydrogens (tertiary/aromatic N) is 2. The van der Waals surface area contributed by atoms with Crippen molar-refractivity contribution in [3.05, 3.63) is 58.9 Å². The number of hydrogen-bond acceptors (Lipinski definition) is 4. The lowest BCUT2D eigenvalue weighted by Gasteiger charge is -2.38. The van der Waals surface area contributed by atoms with Gasteiger partial charge in [-0.05, 0) is 48.6 Å². The van der Waals surface area contributed by atoms with Gasteiger partial charge in [0.1, 0.15) is 0 Å². The summed E-state index contributed by atoms with van der Waals surface area (Å²) in [7, 11) is 0. The van der Waals surface area contributed by atoms with Gasteiger partial charge in [0.25, 0.3) is 6.02 Å². The van der Waals surface area contributed by atoms with Crippen LogP contribution in [0.5, 0.6) is 0 Å². The van der Waals surface area contributed by atoms with Crippen molar-refractivity contribution < 1.29 is 13.5 Å². The molecule has 0 bridgehead atoms. The fraction of sp³-hybridized carbons (Fsp3) is 0.333. The Balaban J connectivity index is 2.14. The van der Waals surface area contributed by atoms with Crippen LogP contribution >= 0.6 is 11.6 Å². The zero-order valence-electron chi connectivity index (χ0n) is 13.7. The molecule has 1 saturated carbocycles. The van der Waals surface area contributed by atoms with Gasteiger partial charge < -0.3 is 10.5 Å². The first-order valence-electron chi connectivity index (χ1n) is 7.82. The Morgan fingerprint density at radius 2 is 2.20 bits per heavy atom. The number of rotatable bonds is 2. The number of nitrogens with two attached hydrogens (primary N) is 1. The standard InChI is InChI=1S/C18H18ClF2N3O/c1-3-12(13-6-14(19)9-23-8-13)7-15-11(2)4-5-17(15)18(20,21)10-25-16(22)24-17/h3,6-9H,2,4-5,10H2,1H3,(H2,22,24)/b12-3+,15-7+/t17-/m1/s1. The van der Waals surface area contributed by atoms with Crippen molar-refractivity contribution in [3.63, 3.8) is 0 Å². The number of hydrogen-bond donors (Lipinski definition) is 1. The molecule has 1 aromatic heterocycles. The van der Waals surface area contributed by atoms with Gasteiger partial charge in [0, 0.05) is 18.0 Å². The van der Waals surface area contributed by atoms with Crippen LogP contribution in [0.25, 0.3) is 5.57 Å². The van der Waals surface area contributed by atoms with Crippen LogP contribution in [0.4, 0.5) is 8.78 Å². The van der Waals surface area contributed by atoms with Gasteiger partial charge in [-0.2, -0.15) is 8.78 Å². The number of halogens is 3. The first-order valence-corrected chi connectivity index (χ1v) is 8.20. The lowest BCUT2D eigenvalue weighted by molar-refractivity contribution is -0.104. The molecule has 2 aliphatic rings. The molecule has 1 aliphatic heterocycles. The van der Waals surface area contributed by atoms with E-state index < -0.39 is 18.1 Å². The van der Waals surface area contributed by atoms with E-state index in [1.165, 1.54) is 6.20 Å². The lowest BCUT2D eigenvalue weighted by atomic mass is 9.83. The quantitative estimate of drug-likeness (QED) is 0.857. The van der Waals surface area contributed by atoms with Gasteiger partial charge >= 0.3 is 5.92 Å². The van der Waals surface area contributed by atoms with Gasteiger partial charge in [0.05, 0.1) is 5.02 Å². The van der Waals surface area contributed by atoms with E-state index >= 15 is 0 Å². The predicted molar refractivity (Wildman–Crippen MR) is 94.6 cm³/mol. The Bertz CT molecular complexity index is 816. The second kappa shape index (κ2) is 6.26. The molecule has 7 heteroatoms. The second-order valence-electron chi connectivity index (χ2n) is 6.10. The normalized spacial score (nSPS) is 27.5. The molecule has 1 spiro atoms. The van der Waals surface area contributed by atoms with Crippen LogP contribution in [0.3, 0.4) is 0 Å². The molecule has 0 radical (unpaired) electrons. The first-order chi connectivity index (χ1) is 11.8. The number of aliphatic imine (C=N–C) groups is 1. The van der Waals surface area contributed by atoms with Crippen LogP contribution in [0, 0.1) is 0 Å². The van der Waals surface area contributed by atoms with Gasteiger partial charge in [0.15, 0.2) is 12.1 Å². The van der Waals surface area contributed by atoms with Gasteiger partial charge in [-0.25, -0.2) is 4.99 Å². The molecule has 3 rings (SSSR count). The van der Waals surface area contributed by atoms with Crippen LogP contribution in [-0.2, 0) is 4.74 Å². The van der Waals surface area contributed by atoms with Crippen molar-refractivity contribution in [2.24, 2.45) is 10.7 Å². The Kier molecular flexibility index (Phi) is 4.41. The third kappa shape index (κ3) is 2.95. The largest absolute Gasteiger partial charge is 0.459 e. The first kappa shape index (κ1) is 17.6. The summed E-state index contributed by atoms with van der Waals surface area (Å²) < 4.78 is 34.3. The minimum atomic E-state index is -3.17. The van der Waals surface area contributed by atoms with E-state index in [-0.39, 0.29) is 12.4 Å². The van der Waals surface area contributed by atoms with E-state index in [2.05, 4.69) is 16.6 Å². The highest BCUT2D eigenvalue weighted by molar-refractivity contribution is 6.30. The van der Waals surface area contributed by atoms with E-state index in [1.54, 1.807) is 18.3 Å². The highest BCUT2D eigenvalue weighted by atomic mass is 35.5. The van der Waals surface area contributed by atoms with E-state index in [4.69, 9.17) is 22.1 Å². The molecular weight excluding hydrogens is 348 g/mol. The van der Waals surface area contributed by atoms with Crippen molar-refractivity contribution in [2.45, 2.75) is 31.2 Å². The number of ether oxygens (including phenoxy) is 1. The minimum absolute atomic E-state index is 0.138. The molecule has 0 unspecified atom stereocenters. The summed E-state index contributed by atoms with van der Waals surface area (Å²) in [5.74, 6) is -3.17. The van der Waals surface area contributed by atoms with Crippen LogP contribution in [0.2, 0.25) is 5.02 Å². The Hall–Kier alpha value is -2.21. The summed E-state index contributed by atoms with van der Waals surface area (Å²) in [6, 6.07) is 1.50. The fourth-order valence-electron chi connectivity index (χ4n) is 3.26. The summed E-state index contributed by atoms with van der Waals surface area (Å²) in [5.41, 5.74) is 6.29. The Labute approximate surface area is 149 Å². The maximum atomic E-state index is 14.8. The molecule has 0 aromatic carbocycles. The molecule has 2 N–H and O–H groups in total. The highest BCUT2D eigenvalue weighted by Gasteiger charge is 2.61. The monoisotopic (exact) mass is 365 g/mol. The molecule has 1 aromatic rings. The zero-order chi connectivity index (χ0) is 18.2. The topological polar surface area (TPSA) is 60.5 Å². The second-order valence-corrected chi connectivity index (χ2v) is 6.54. The molecule has 1 atom stereocenters. The smallest absolute Gasteiger partial charge is 0.310 e. The molecular formula is C18H18ClF2N3O. The van der Waals surface area contributed by atoms with Gasteiger partial charge in [-0.3, -0.25) is 4.98 Å². The summed E-state index contributed by atoms with van der Waals surface area (Å²) in [6.45, 7) is 4.98. The zero-order valence-corrected chi connectivity index (χ0v) is 14.5. The van der Waals surface area contributed by atoms with Crippen molar-refractivity contribution in [3.8, 4) is 0 Å². The number of allylic oxidation sites excluding steroid dienone is 3. The van der Waals surface area contributed by atoms with Crippen LogP contribution < -0.4 is 5.73 Å². The third-order valence-corrected chi connectivity index (χ3v) is 4.78. The molecule has 0 saturated heterocycles. The Morgan fingerprint density at radius 3 is 2.88 bits per heavy atom. The maximum Gasteiger partial charge on any atom is 0.310 e. The SMILES string of the molecule is C=C1CC[C@@]2(N=C(N)OCC2(F)F)/C1=C/C(=C\C)c1cncc(Cl)c1. The molecule has 25 heavy (non-hydrogen) atoms. The average molecular weight is 366 g/mol. The number of alkyl halides is 2. The van der Waals surface area contributed by atoms with E-state index in [0.29, 0.717) is 28.2 Å². The van der Waals surface area contributed by atoms with Gasteiger partial charge in [-0.15, -0.1) is 0 Å². The number of amidine groups is 1. The molecule has 2 heterocycles. The summed E-state index contributed by atoms with van der Waals surface area (Å²) in [4.78, 5) is 8.07. The summed E-state index contributed by atoms with van der Waals surface area (Å²) in [5, 5.41) is 0.467. The highest BCUT2D eigenvalue weighted by Crippen LogP contribution is 2.52. The average Bonchev–Trinajstić information content (AvgIpc) is 2.87. The van der Waals surface area contributed by atoms with E-state index in [0.717, 1.165) is 5.56 Å². The van der Waals surface area contributed by atoms with E-state index in [1.807, 2.05) is 13.0 Å². The predicted octanol–water partition coefficient (Wildman–Crippen LogP) is 4.13. The molecule has 0 amide bonds. The van der Waals surface area contributed by atoms with Gasteiger partial charge in [-0.1, -0.05) is 24.3 Å². The van der Waals surface area contributed by atoms with Crippen LogP contribution in [0.1, 0.15) is 25.3 Å². The molecule has 1 aliphatic carbocycles. The third-order valence-electron chi connectivity index (χ3n) is 4.57. The van der Waals surface area contributed by atoms with Crippen molar-refractivity contribution >= 4 is 23.2 Å². The molecule has 132 valence electrons. The Morgan fingerprint density at radius 1 is 1.44 bits per heavy atom. The van der Waals surface area contributed by atoms with Crippen molar-refractivity contribution in [2.75, 3.05) is 6.61 Å². The summed E-state index contributed by atoms with van der Waals surface area (Å²) >= 11 is 5.99. The molecule has 4 nitrogen and oxygen atoms in total. The van der Waals surface area contributed by atoms with Gasteiger partial charge in [0.2, 0.25) is 0 Å². The molecule has 1 fully saturated rings.